The number of hydrogen-bond acceptors (Lipinski definition) is 4. The summed E-state index contributed by atoms with van der Waals surface area (Å²) >= 11 is 0. The second kappa shape index (κ2) is 4.92. The molecule has 2 atom stereocenters. The lowest BCUT2D eigenvalue weighted by Gasteiger charge is -2.47. The summed E-state index contributed by atoms with van der Waals surface area (Å²) in [4.78, 5) is 21.1. The van der Waals surface area contributed by atoms with Crippen molar-refractivity contribution in [3.05, 3.63) is 11.6 Å². The van der Waals surface area contributed by atoms with Crippen LogP contribution in [0, 0.1) is 6.92 Å². The fourth-order valence-corrected chi connectivity index (χ4v) is 3.20. The Kier molecular flexibility index (Phi) is 3.26. The Balaban J connectivity index is 1.75. The average molecular weight is 263 g/mol. The van der Waals surface area contributed by atoms with Crippen LogP contribution in [-0.4, -0.2) is 62.6 Å². The summed E-state index contributed by atoms with van der Waals surface area (Å²) in [5.74, 6) is 0.947. The highest BCUT2D eigenvalue weighted by atomic mass is 16.2. The van der Waals surface area contributed by atoms with Crippen LogP contribution in [-0.2, 0) is 0 Å². The molecule has 1 aromatic heterocycles. The van der Waals surface area contributed by atoms with Gasteiger partial charge in [0.05, 0.1) is 0 Å². The van der Waals surface area contributed by atoms with Crippen LogP contribution in [0.25, 0.3) is 0 Å². The summed E-state index contributed by atoms with van der Waals surface area (Å²) in [6, 6.07) is 0.759. The molecular weight excluding hydrogens is 242 g/mol. The standard InChI is InChI=1S/C13H21N5O/c1-9-7-17-6-4-3-5-11(17)8-18(9)13(19)12-14-10(2)15-16-12/h9,11H,3-8H2,1-2H3,(H,14,15,16). The molecule has 2 unspecified atom stereocenters. The lowest BCUT2D eigenvalue weighted by Crippen LogP contribution is -2.60. The van der Waals surface area contributed by atoms with E-state index in [1.807, 2.05) is 11.8 Å². The molecule has 0 radical (unpaired) electrons. The second-order valence-electron chi connectivity index (χ2n) is 5.70. The van der Waals surface area contributed by atoms with E-state index >= 15 is 0 Å². The quantitative estimate of drug-likeness (QED) is 0.814. The summed E-state index contributed by atoms with van der Waals surface area (Å²) in [6.07, 6.45) is 3.76. The summed E-state index contributed by atoms with van der Waals surface area (Å²) in [6.45, 7) is 6.89. The highest BCUT2D eigenvalue weighted by Gasteiger charge is 2.36. The highest BCUT2D eigenvalue weighted by Crippen LogP contribution is 2.24. The molecule has 2 aliphatic rings. The van der Waals surface area contributed by atoms with Gasteiger partial charge in [-0.2, -0.15) is 0 Å². The lowest BCUT2D eigenvalue weighted by atomic mass is 9.97. The molecule has 2 saturated heterocycles. The van der Waals surface area contributed by atoms with E-state index in [1.54, 1.807) is 0 Å². The van der Waals surface area contributed by atoms with Gasteiger partial charge >= 0.3 is 0 Å². The number of nitrogens with zero attached hydrogens (tertiary/aromatic N) is 4. The number of fused-ring (bicyclic) bond motifs is 1. The van der Waals surface area contributed by atoms with E-state index in [1.165, 1.54) is 25.8 Å². The molecule has 1 aromatic rings. The molecule has 6 heteroatoms. The van der Waals surface area contributed by atoms with Crippen molar-refractivity contribution in [3.8, 4) is 0 Å². The molecule has 0 bridgehead atoms. The molecule has 0 aliphatic carbocycles. The van der Waals surface area contributed by atoms with Gasteiger partial charge in [-0.15, -0.1) is 5.10 Å². The Hall–Kier alpha value is -1.43. The van der Waals surface area contributed by atoms with Crippen LogP contribution in [0.15, 0.2) is 0 Å². The number of hydrogen-bond donors (Lipinski definition) is 1. The maximum absolute atomic E-state index is 12.5. The monoisotopic (exact) mass is 263 g/mol. The van der Waals surface area contributed by atoms with Gasteiger partial charge < -0.3 is 4.90 Å². The van der Waals surface area contributed by atoms with Gasteiger partial charge in [0.2, 0.25) is 5.82 Å². The Morgan fingerprint density at radius 1 is 1.37 bits per heavy atom. The third-order valence-corrected chi connectivity index (χ3v) is 4.24. The normalized spacial score (nSPS) is 28.2. The number of carbonyl (C=O) groups excluding carboxylic acids is 1. The lowest BCUT2D eigenvalue weighted by molar-refractivity contribution is 0.0144. The van der Waals surface area contributed by atoms with Crippen molar-refractivity contribution >= 4 is 5.91 Å². The van der Waals surface area contributed by atoms with Crippen molar-refractivity contribution in [2.45, 2.75) is 45.2 Å². The fraction of sp³-hybridized carbons (Fsp3) is 0.769. The largest absolute Gasteiger partial charge is 0.330 e. The van der Waals surface area contributed by atoms with Gasteiger partial charge in [0, 0.05) is 25.2 Å². The number of aromatic amines is 1. The van der Waals surface area contributed by atoms with Crippen LogP contribution in [0.4, 0.5) is 0 Å². The SMILES string of the molecule is Cc1nc(C(=O)N2CC3CCCCN3CC2C)n[nH]1. The number of amides is 1. The average Bonchev–Trinajstić information content (AvgIpc) is 2.84. The summed E-state index contributed by atoms with van der Waals surface area (Å²) in [7, 11) is 0. The Morgan fingerprint density at radius 3 is 2.95 bits per heavy atom. The second-order valence-corrected chi connectivity index (χ2v) is 5.70. The molecule has 1 amide bonds. The topological polar surface area (TPSA) is 65.1 Å². The van der Waals surface area contributed by atoms with E-state index in [0.717, 1.165) is 13.1 Å². The minimum atomic E-state index is -0.0397. The molecule has 2 aliphatic heterocycles. The van der Waals surface area contributed by atoms with Gasteiger partial charge in [-0.25, -0.2) is 4.98 Å². The van der Waals surface area contributed by atoms with Crippen LogP contribution >= 0.6 is 0 Å². The van der Waals surface area contributed by atoms with Crippen molar-refractivity contribution in [2.75, 3.05) is 19.6 Å². The summed E-state index contributed by atoms with van der Waals surface area (Å²) in [5.41, 5.74) is 0. The fourth-order valence-electron chi connectivity index (χ4n) is 3.20. The van der Waals surface area contributed by atoms with Crippen LogP contribution < -0.4 is 0 Å². The first-order chi connectivity index (χ1) is 9.15. The first-order valence-electron chi connectivity index (χ1n) is 7.09. The summed E-state index contributed by atoms with van der Waals surface area (Å²) < 4.78 is 0. The van der Waals surface area contributed by atoms with E-state index in [0.29, 0.717) is 17.7 Å². The van der Waals surface area contributed by atoms with Crippen LogP contribution in [0.1, 0.15) is 42.6 Å². The maximum Gasteiger partial charge on any atom is 0.293 e. The smallest absolute Gasteiger partial charge is 0.293 e. The Labute approximate surface area is 113 Å². The molecule has 3 heterocycles. The number of aromatic nitrogens is 3. The van der Waals surface area contributed by atoms with E-state index in [9.17, 15) is 4.79 Å². The predicted octanol–water partition coefficient (Wildman–Crippen LogP) is 0.812. The van der Waals surface area contributed by atoms with Gasteiger partial charge in [0.25, 0.3) is 5.91 Å². The zero-order chi connectivity index (χ0) is 13.4. The number of piperazine rings is 1. The van der Waals surface area contributed by atoms with Gasteiger partial charge in [0.1, 0.15) is 5.82 Å². The predicted molar refractivity (Wildman–Crippen MR) is 70.8 cm³/mol. The molecule has 1 N–H and O–H groups in total. The molecule has 3 rings (SSSR count). The molecule has 0 aromatic carbocycles. The van der Waals surface area contributed by atoms with Gasteiger partial charge in [-0.1, -0.05) is 6.42 Å². The van der Waals surface area contributed by atoms with Gasteiger partial charge in [0.15, 0.2) is 0 Å². The molecule has 104 valence electrons. The number of rotatable bonds is 1. The first kappa shape index (κ1) is 12.6. The molecule has 0 saturated carbocycles. The van der Waals surface area contributed by atoms with Gasteiger partial charge in [-0.05, 0) is 33.2 Å². The van der Waals surface area contributed by atoms with Crippen LogP contribution in [0.3, 0.4) is 0 Å². The molecule has 0 spiro atoms. The number of nitrogens with one attached hydrogen (secondary N) is 1. The Bertz CT molecular complexity index is 471. The number of H-pyrrole nitrogens is 1. The molecule has 6 nitrogen and oxygen atoms in total. The number of aryl methyl sites for hydroxylation is 1. The first-order valence-corrected chi connectivity index (χ1v) is 7.09. The third kappa shape index (κ3) is 2.36. The zero-order valence-electron chi connectivity index (χ0n) is 11.6. The molecule has 2 fully saturated rings. The maximum atomic E-state index is 12.5. The number of carbonyl (C=O) groups is 1. The van der Waals surface area contributed by atoms with Crippen molar-refractivity contribution in [1.82, 2.24) is 25.0 Å². The van der Waals surface area contributed by atoms with E-state index < -0.39 is 0 Å². The number of piperidine rings is 1. The minimum Gasteiger partial charge on any atom is -0.330 e. The molecule has 19 heavy (non-hydrogen) atoms. The van der Waals surface area contributed by atoms with E-state index in [4.69, 9.17) is 0 Å². The highest BCUT2D eigenvalue weighted by molar-refractivity contribution is 5.90. The Morgan fingerprint density at radius 2 is 2.21 bits per heavy atom. The van der Waals surface area contributed by atoms with Crippen molar-refractivity contribution in [2.24, 2.45) is 0 Å². The minimum absolute atomic E-state index is 0.0397. The third-order valence-electron chi connectivity index (χ3n) is 4.24. The van der Waals surface area contributed by atoms with E-state index in [2.05, 4.69) is 27.0 Å². The van der Waals surface area contributed by atoms with Crippen LogP contribution in [0.2, 0.25) is 0 Å². The van der Waals surface area contributed by atoms with E-state index in [-0.39, 0.29) is 11.9 Å². The van der Waals surface area contributed by atoms with Crippen molar-refractivity contribution < 1.29 is 4.79 Å². The summed E-state index contributed by atoms with van der Waals surface area (Å²) in [5, 5.41) is 6.73. The van der Waals surface area contributed by atoms with Crippen LogP contribution in [0.5, 0.6) is 0 Å². The van der Waals surface area contributed by atoms with Crippen molar-refractivity contribution in [1.29, 1.82) is 0 Å². The molecular formula is C13H21N5O. The zero-order valence-corrected chi connectivity index (χ0v) is 11.6. The van der Waals surface area contributed by atoms with Crippen molar-refractivity contribution in [3.63, 3.8) is 0 Å². The van der Waals surface area contributed by atoms with Gasteiger partial charge in [-0.3, -0.25) is 14.8 Å².